The first-order valence-electron chi connectivity index (χ1n) is 6.97. The van der Waals surface area contributed by atoms with Crippen LogP contribution >= 0.6 is 23.2 Å². The second-order valence-corrected chi connectivity index (χ2v) is 5.74. The molecule has 0 saturated carbocycles. The Hall–Kier alpha value is -2.31. The van der Waals surface area contributed by atoms with E-state index in [0.717, 1.165) is 6.07 Å². The average molecular weight is 369 g/mol. The Morgan fingerprint density at radius 2 is 1.92 bits per heavy atom. The Morgan fingerprint density at radius 1 is 1.21 bits per heavy atom. The fraction of sp³-hybridized carbons (Fsp3) is 0.188. The summed E-state index contributed by atoms with van der Waals surface area (Å²) in [4.78, 5) is 23.9. The van der Waals surface area contributed by atoms with Crippen LogP contribution in [0, 0.1) is 10.1 Å². The quantitative estimate of drug-likeness (QED) is 0.569. The molecular formula is C16H14Cl2N2O4. The molecule has 0 aliphatic heterocycles. The van der Waals surface area contributed by atoms with E-state index in [0.29, 0.717) is 17.3 Å². The molecule has 0 aliphatic rings. The van der Waals surface area contributed by atoms with Gasteiger partial charge < -0.3 is 9.64 Å². The van der Waals surface area contributed by atoms with Gasteiger partial charge in [0.25, 0.3) is 11.6 Å². The minimum absolute atomic E-state index is 0.0353. The Kier molecular flexibility index (Phi) is 6.00. The molecule has 126 valence electrons. The number of rotatable bonds is 6. The zero-order valence-electron chi connectivity index (χ0n) is 12.7. The number of benzene rings is 2. The second-order valence-electron chi connectivity index (χ2n) is 4.93. The number of non-ortho nitro benzene ring substituents is 1. The third-order valence-electron chi connectivity index (χ3n) is 3.26. The number of nitro benzene ring substituents is 1. The smallest absolute Gasteiger partial charge is 0.270 e. The van der Waals surface area contributed by atoms with Crippen LogP contribution in [0.5, 0.6) is 5.75 Å². The highest BCUT2D eigenvalue weighted by Crippen LogP contribution is 2.24. The predicted octanol–water partition coefficient (Wildman–Crippen LogP) is 4.05. The van der Waals surface area contributed by atoms with Gasteiger partial charge >= 0.3 is 0 Å². The van der Waals surface area contributed by atoms with E-state index in [1.54, 1.807) is 31.3 Å². The highest BCUT2D eigenvalue weighted by molar-refractivity contribution is 6.34. The molecule has 2 aromatic rings. The Labute approximate surface area is 148 Å². The van der Waals surface area contributed by atoms with Crippen molar-refractivity contribution in [2.75, 3.05) is 20.2 Å². The summed E-state index contributed by atoms with van der Waals surface area (Å²) in [5, 5.41) is 11.2. The van der Waals surface area contributed by atoms with E-state index in [4.69, 9.17) is 27.9 Å². The Bertz CT molecular complexity index is 767. The van der Waals surface area contributed by atoms with Crippen LogP contribution in [-0.2, 0) is 0 Å². The van der Waals surface area contributed by atoms with Crippen LogP contribution in [0.1, 0.15) is 10.4 Å². The number of hydrogen-bond donors (Lipinski definition) is 0. The molecule has 0 N–H and O–H groups in total. The molecule has 0 heterocycles. The van der Waals surface area contributed by atoms with E-state index in [2.05, 4.69) is 0 Å². The number of carbonyl (C=O) groups is 1. The van der Waals surface area contributed by atoms with Gasteiger partial charge in [-0.15, -0.1) is 0 Å². The van der Waals surface area contributed by atoms with E-state index in [-0.39, 0.29) is 28.8 Å². The number of nitrogens with zero attached hydrogens (tertiary/aromatic N) is 2. The van der Waals surface area contributed by atoms with Gasteiger partial charge in [-0.05, 0) is 18.2 Å². The average Bonchev–Trinajstić information content (AvgIpc) is 2.55. The van der Waals surface area contributed by atoms with Crippen molar-refractivity contribution in [1.82, 2.24) is 4.90 Å². The third kappa shape index (κ3) is 4.37. The lowest BCUT2D eigenvalue weighted by atomic mass is 10.2. The number of nitro groups is 1. The lowest BCUT2D eigenvalue weighted by Gasteiger charge is -2.18. The first-order chi connectivity index (χ1) is 11.4. The van der Waals surface area contributed by atoms with Crippen molar-refractivity contribution in [3.63, 3.8) is 0 Å². The molecule has 0 saturated heterocycles. The summed E-state index contributed by atoms with van der Waals surface area (Å²) >= 11 is 11.9. The van der Waals surface area contributed by atoms with Crippen molar-refractivity contribution in [2.45, 2.75) is 0 Å². The van der Waals surface area contributed by atoms with Gasteiger partial charge in [0.15, 0.2) is 0 Å². The third-order valence-corrected chi connectivity index (χ3v) is 3.89. The molecule has 0 radical (unpaired) electrons. The first kappa shape index (κ1) is 18.0. The summed E-state index contributed by atoms with van der Waals surface area (Å²) in [5.74, 6) is 0.186. The highest BCUT2D eigenvalue weighted by Gasteiger charge is 2.18. The zero-order chi connectivity index (χ0) is 17.7. The SMILES string of the molecule is CN(CCOc1ccccc1Cl)C(=O)c1ccc([N+](=O)[O-])cc1Cl. The lowest BCUT2D eigenvalue weighted by molar-refractivity contribution is -0.384. The molecule has 0 bridgehead atoms. The van der Waals surface area contributed by atoms with Crippen molar-refractivity contribution < 1.29 is 14.5 Å². The van der Waals surface area contributed by atoms with Gasteiger partial charge in [0, 0.05) is 19.2 Å². The topological polar surface area (TPSA) is 72.7 Å². The summed E-state index contributed by atoms with van der Waals surface area (Å²) in [7, 11) is 1.59. The summed E-state index contributed by atoms with van der Waals surface area (Å²) in [5.41, 5.74) is 0.0313. The van der Waals surface area contributed by atoms with E-state index < -0.39 is 4.92 Å². The van der Waals surface area contributed by atoms with Gasteiger partial charge in [-0.25, -0.2) is 0 Å². The molecule has 0 fully saturated rings. The molecule has 24 heavy (non-hydrogen) atoms. The van der Waals surface area contributed by atoms with Crippen LogP contribution in [0.15, 0.2) is 42.5 Å². The van der Waals surface area contributed by atoms with Gasteiger partial charge in [-0.2, -0.15) is 0 Å². The highest BCUT2D eigenvalue weighted by atomic mass is 35.5. The van der Waals surface area contributed by atoms with E-state index in [1.807, 2.05) is 0 Å². The van der Waals surface area contributed by atoms with Gasteiger partial charge in [0.05, 0.1) is 27.1 Å². The van der Waals surface area contributed by atoms with Crippen molar-refractivity contribution in [2.24, 2.45) is 0 Å². The van der Waals surface area contributed by atoms with Crippen molar-refractivity contribution in [3.8, 4) is 5.75 Å². The lowest BCUT2D eigenvalue weighted by Crippen LogP contribution is -2.31. The van der Waals surface area contributed by atoms with E-state index in [9.17, 15) is 14.9 Å². The minimum atomic E-state index is -0.568. The molecule has 0 spiro atoms. The maximum absolute atomic E-state index is 12.3. The molecule has 1 amide bonds. The minimum Gasteiger partial charge on any atom is -0.490 e. The number of likely N-dealkylation sites (N-methyl/N-ethyl adjacent to an activating group) is 1. The fourth-order valence-corrected chi connectivity index (χ4v) is 2.40. The van der Waals surface area contributed by atoms with Gasteiger partial charge in [-0.3, -0.25) is 14.9 Å². The van der Waals surface area contributed by atoms with Crippen LogP contribution in [0.3, 0.4) is 0 Å². The first-order valence-corrected chi connectivity index (χ1v) is 7.72. The van der Waals surface area contributed by atoms with Crippen molar-refractivity contribution in [1.29, 1.82) is 0 Å². The number of ether oxygens (including phenoxy) is 1. The van der Waals surface area contributed by atoms with Gasteiger partial charge in [0.1, 0.15) is 12.4 Å². The van der Waals surface area contributed by atoms with E-state index >= 15 is 0 Å². The predicted molar refractivity (Wildman–Crippen MR) is 92.0 cm³/mol. The molecule has 0 aromatic heterocycles. The molecule has 0 aliphatic carbocycles. The summed E-state index contributed by atoms with van der Waals surface area (Å²) < 4.78 is 5.53. The maximum Gasteiger partial charge on any atom is 0.270 e. The standard InChI is InChI=1S/C16H14Cl2N2O4/c1-19(8-9-24-15-5-3-2-4-13(15)17)16(21)12-7-6-11(20(22)23)10-14(12)18/h2-7,10H,8-9H2,1H3. The van der Waals surface area contributed by atoms with Gasteiger partial charge in [-0.1, -0.05) is 35.3 Å². The van der Waals surface area contributed by atoms with Crippen LogP contribution in [0.4, 0.5) is 5.69 Å². The second kappa shape index (κ2) is 7.99. The maximum atomic E-state index is 12.3. The van der Waals surface area contributed by atoms with Crippen LogP contribution in [0.2, 0.25) is 10.0 Å². The monoisotopic (exact) mass is 368 g/mol. The van der Waals surface area contributed by atoms with E-state index in [1.165, 1.54) is 17.0 Å². The summed E-state index contributed by atoms with van der Waals surface area (Å²) in [6, 6.07) is 10.8. The fourth-order valence-electron chi connectivity index (χ4n) is 1.95. The van der Waals surface area contributed by atoms with Crippen LogP contribution in [-0.4, -0.2) is 35.9 Å². The molecule has 0 atom stereocenters. The van der Waals surface area contributed by atoms with Crippen LogP contribution in [0.25, 0.3) is 0 Å². The number of amides is 1. The number of para-hydroxylation sites is 1. The normalized spacial score (nSPS) is 10.3. The largest absolute Gasteiger partial charge is 0.490 e. The Balaban J connectivity index is 1.97. The zero-order valence-corrected chi connectivity index (χ0v) is 14.3. The number of hydrogen-bond acceptors (Lipinski definition) is 4. The summed E-state index contributed by atoms with van der Waals surface area (Å²) in [6.45, 7) is 0.550. The molecule has 2 aromatic carbocycles. The number of carbonyl (C=O) groups excluding carboxylic acids is 1. The molecule has 2 rings (SSSR count). The molecular weight excluding hydrogens is 355 g/mol. The van der Waals surface area contributed by atoms with Gasteiger partial charge in [0.2, 0.25) is 0 Å². The van der Waals surface area contributed by atoms with Crippen molar-refractivity contribution >= 4 is 34.8 Å². The van der Waals surface area contributed by atoms with Crippen molar-refractivity contribution in [3.05, 3.63) is 68.2 Å². The van der Waals surface area contributed by atoms with Crippen LogP contribution < -0.4 is 4.74 Å². The summed E-state index contributed by atoms with van der Waals surface area (Å²) in [6.07, 6.45) is 0. The molecule has 6 nitrogen and oxygen atoms in total. The molecule has 8 heteroatoms. The number of halogens is 2. The molecule has 0 unspecified atom stereocenters. The Morgan fingerprint density at radius 3 is 2.54 bits per heavy atom.